The van der Waals surface area contributed by atoms with Crippen molar-refractivity contribution in [3.05, 3.63) is 113 Å². The van der Waals surface area contributed by atoms with Gasteiger partial charge in [-0.05, 0) is 122 Å². The Morgan fingerprint density at radius 2 is 1.18 bits per heavy atom. The first-order valence-electron chi connectivity index (χ1n) is 27.1. The molecular weight excluding hydrogens is 1030 g/mol. The van der Waals surface area contributed by atoms with Crippen LogP contribution in [0.25, 0.3) is 22.1 Å². The van der Waals surface area contributed by atoms with E-state index in [1.165, 1.54) is 38.4 Å². The van der Waals surface area contributed by atoms with E-state index in [1.807, 2.05) is 69.0 Å². The third-order valence-electron chi connectivity index (χ3n) is 16.4. The van der Waals surface area contributed by atoms with Crippen LogP contribution in [0.15, 0.2) is 72.8 Å². The zero-order valence-electron chi connectivity index (χ0n) is 45.0. The van der Waals surface area contributed by atoms with Crippen LogP contribution in [0.5, 0.6) is 0 Å². The van der Waals surface area contributed by atoms with Gasteiger partial charge in [-0.25, -0.2) is 28.3 Å². The van der Waals surface area contributed by atoms with Crippen LogP contribution in [-0.4, -0.2) is 129 Å². The molecule has 6 aromatic rings. The first-order valence-corrected chi connectivity index (χ1v) is 27.1. The number of hydrogen-bond acceptors (Lipinski definition) is 10. The Balaban J connectivity index is 0.961. The van der Waals surface area contributed by atoms with Gasteiger partial charge in [0.1, 0.15) is 29.4 Å². The molecule has 22 heteroatoms. The number of piperazine rings is 1. The fourth-order valence-electron chi connectivity index (χ4n) is 12.4. The van der Waals surface area contributed by atoms with Gasteiger partial charge < -0.3 is 49.6 Å². The molecule has 4 aliphatic rings. The highest BCUT2D eigenvalue weighted by Gasteiger charge is 2.42. The molecule has 6 heterocycles. The number of likely N-dealkylation sites (tertiary alicyclic amines) is 2. The average molecular weight is 1100 g/mol. The van der Waals surface area contributed by atoms with Gasteiger partial charge in [0.05, 0.1) is 58.9 Å². The number of anilines is 3. The highest BCUT2D eigenvalue weighted by Crippen LogP contribution is 2.49. The maximum absolute atomic E-state index is 16.9. The second-order valence-corrected chi connectivity index (χ2v) is 21.9. The molecule has 17 nitrogen and oxygen atoms in total. The van der Waals surface area contributed by atoms with Crippen molar-refractivity contribution >= 4 is 63.1 Å². The number of carboxylic acid groups (broad SMARTS) is 1. The van der Waals surface area contributed by atoms with Crippen LogP contribution >= 0.6 is 0 Å². The fourth-order valence-corrected chi connectivity index (χ4v) is 12.4. The Kier molecular flexibility index (Phi) is 15.1. The number of likely N-dealkylation sites (N-methyl/N-ethyl adjacent to an activating group) is 1. The van der Waals surface area contributed by atoms with E-state index in [1.54, 1.807) is 14.7 Å². The molecule has 4 saturated heterocycles. The molecule has 4 N–H and O–H groups in total. The predicted molar refractivity (Wildman–Crippen MR) is 288 cm³/mol. The molecule has 4 fully saturated rings. The van der Waals surface area contributed by atoms with Crippen LogP contribution in [0.4, 0.5) is 48.6 Å². The number of carbonyl (C=O) groups excluding carboxylic acids is 3. The molecule has 0 bridgehead atoms. The van der Waals surface area contributed by atoms with E-state index in [9.17, 15) is 37.5 Å². The largest absolute Gasteiger partial charge is 0.465 e. The Morgan fingerprint density at radius 3 is 1.65 bits per heavy atom. The standard InChI is InChI=1S/C57H66F5N11O6/c1-31(2)48(67-55(76)79-6)53(74)71-21-7-9-46(71)51-63-40-17-11-33(27-42(40)65-51)44-19-20-45(34-12-18-41-43(28-34)66-52(64-41)47-10-8-22-72(47)54(75)49(32(3)4)68(5)56(77)78)73(44)37-29-38(58)50(39(59)30-37)70-25-23-69(24-26-70)36-15-13-35(14-16-36)57(60,61)62/h11-18,27-32,44-49H,7-10,19-26H2,1-6H3,(H,63,65)(H,64,66)(H,67,76)(H,77,78)/t44-,45-,46+,47+,48+,49+/m1/s1. The van der Waals surface area contributed by atoms with Crippen molar-refractivity contribution in [2.45, 2.75) is 109 Å². The lowest BCUT2D eigenvalue weighted by molar-refractivity contribution is -0.139. The van der Waals surface area contributed by atoms with Crippen molar-refractivity contribution in [2.75, 3.05) is 68.1 Å². The molecule has 10 rings (SSSR count). The number of rotatable bonds is 13. The normalized spacial score (nSPS) is 20.7. The van der Waals surface area contributed by atoms with Gasteiger partial charge in [-0.15, -0.1) is 0 Å². The van der Waals surface area contributed by atoms with Gasteiger partial charge in [-0.1, -0.05) is 39.8 Å². The van der Waals surface area contributed by atoms with Crippen molar-refractivity contribution in [3.63, 3.8) is 0 Å². The number of amides is 4. The van der Waals surface area contributed by atoms with Crippen molar-refractivity contribution in [2.24, 2.45) is 11.8 Å². The molecule has 4 aromatic carbocycles. The number of aromatic amines is 2. The summed E-state index contributed by atoms with van der Waals surface area (Å²) in [6.07, 6.45) is -2.44. The Hall–Kier alpha value is -7.65. The number of ether oxygens (including phenoxy) is 1. The molecule has 4 aliphatic heterocycles. The Morgan fingerprint density at radius 1 is 0.671 bits per heavy atom. The van der Waals surface area contributed by atoms with Crippen molar-refractivity contribution in [3.8, 4) is 0 Å². The second kappa shape index (κ2) is 21.9. The van der Waals surface area contributed by atoms with Crippen LogP contribution in [-0.2, 0) is 20.5 Å². The number of fused-ring (bicyclic) bond motifs is 2. The summed E-state index contributed by atoms with van der Waals surface area (Å²) in [7, 11) is 2.66. The maximum Gasteiger partial charge on any atom is 0.416 e. The smallest absolute Gasteiger partial charge is 0.416 e. The minimum Gasteiger partial charge on any atom is -0.465 e. The molecule has 0 saturated carbocycles. The van der Waals surface area contributed by atoms with Crippen molar-refractivity contribution in [1.82, 2.24) is 40.0 Å². The zero-order chi connectivity index (χ0) is 56.2. The van der Waals surface area contributed by atoms with Crippen LogP contribution in [0, 0.1) is 23.5 Å². The van der Waals surface area contributed by atoms with Gasteiger partial charge >= 0.3 is 18.4 Å². The number of halogens is 5. The molecule has 0 radical (unpaired) electrons. The summed E-state index contributed by atoms with van der Waals surface area (Å²) >= 11 is 0. The van der Waals surface area contributed by atoms with E-state index in [0.29, 0.717) is 103 Å². The molecule has 79 heavy (non-hydrogen) atoms. The molecular formula is C57H66F5N11O6. The number of methoxy groups -OCH3 is 1. The molecule has 2 aromatic heterocycles. The molecule has 6 atom stereocenters. The number of nitrogens with one attached hydrogen (secondary N) is 3. The molecule has 0 spiro atoms. The molecule has 0 unspecified atom stereocenters. The van der Waals surface area contributed by atoms with Crippen LogP contribution < -0.4 is 20.0 Å². The molecule has 420 valence electrons. The van der Waals surface area contributed by atoms with Gasteiger partial charge in [-0.2, -0.15) is 13.2 Å². The predicted octanol–water partition coefficient (Wildman–Crippen LogP) is 10.5. The summed E-state index contributed by atoms with van der Waals surface area (Å²) in [5, 5.41) is 12.5. The number of aromatic nitrogens is 4. The van der Waals surface area contributed by atoms with Crippen molar-refractivity contribution < 1.29 is 51.0 Å². The van der Waals surface area contributed by atoms with Gasteiger partial charge in [0.25, 0.3) is 0 Å². The minimum atomic E-state index is -4.47. The minimum absolute atomic E-state index is 0.185. The summed E-state index contributed by atoms with van der Waals surface area (Å²) in [4.78, 5) is 79.2. The van der Waals surface area contributed by atoms with E-state index in [0.717, 1.165) is 34.6 Å². The Bertz CT molecular complexity index is 3230. The van der Waals surface area contributed by atoms with E-state index in [4.69, 9.17) is 14.7 Å². The summed E-state index contributed by atoms with van der Waals surface area (Å²) in [6.45, 7) is 9.39. The van der Waals surface area contributed by atoms with Crippen molar-refractivity contribution in [1.29, 1.82) is 0 Å². The number of nitrogens with zero attached hydrogens (tertiary/aromatic N) is 8. The zero-order valence-corrected chi connectivity index (χ0v) is 45.0. The topological polar surface area (TPSA) is 187 Å². The summed E-state index contributed by atoms with van der Waals surface area (Å²) in [6, 6.07) is 16.1. The van der Waals surface area contributed by atoms with E-state index < -0.39 is 53.7 Å². The third kappa shape index (κ3) is 10.7. The SMILES string of the molecule is COC(=O)N[C@H](C(=O)N1CCC[C@H]1c1nc2ccc([C@H]3CC[C@H](c4ccc5nc([C@@H]6CCCN6C(=O)[C@H](C(C)C)N(C)C(=O)O)[nH]c5c4)N3c3cc(F)c(N4CCN(c5ccc(C(F)(F)F)cc5)CC4)c(F)c3)cc2[nH]1)C(C)C. The number of carbonyl (C=O) groups is 4. The highest BCUT2D eigenvalue weighted by molar-refractivity contribution is 5.87. The summed E-state index contributed by atoms with van der Waals surface area (Å²) in [5.74, 6) is -1.34. The lowest BCUT2D eigenvalue weighted by Gasteiger charge is -2.38. The molecule has 4 amide bonds. The lowest BCUT2D eigenvalue weighted by atomic mass is 10.0. The lowest BCUT2D eigenvalue weighted by Crippen LogP contribution is -2.51. The number of alkyl halides is 3. The average Bonchev–Trinajstić information content (AvgIpc) is 4.51. The van der Waals surface area contributed by atoms with Crippen LogP contribution in [0.3, 0.4) is 0 Å². The van der Waals surface area contributed by atoms with Gasteiger partial charge in [-0.3, -0.25) is 14.5 Å². The first-order chi connectivity index (χ1) is 37.7. The number of H-pyrrole nitrogens is 2. The fraction of sp³-hybridized carbons (Fsp3) is 0.474. The van der Waals surface area contributed by atoms with Crippen LogP contribution in [0.2, 0.25) is 0 Å². The number of hydrogen-bond donors (Lipinski definition) is 4. The monoisotopic (exact) mass is 1100 g/mol. The highest BCUT2D eigenvalue weighted by atomic mass is 19.4. The second-order valence-electron chi connectivity index (χ2n) is 21.9. The number of benzene rings is 4. The quantitative estimate of drug-likeness (QED) is 0.0807. The third-order valence-corrected chi connectivity index (χ3v) is 16.4. The first kappa shape index (κ1) is 54.7. The van der Waals surface area contributed by atoms with Crippen LogP contribution in [0.1, 0.15) is 119 Å². The number of imidazole rings is 2. The van der Waals surface area contributed by atoms with E-state index in [2.05, 4.69) is 20.2 Å². The van der Waals surface area contributed by atoms with Gasteiger partial charge in [0, 0.05) is 57.7 Å². The van der Waals surface area contributed by atoms with Gasteiger partial charge in [0.2, 0.25) is 11.8 Å². The maximum atomic E-state index is 16.9. The molecule has 0 aliphatic carbocycles. The summed E-state index contributed by atoms with van der Waals surface area (Å²) < 4.78 is 78.4. The summed E-state index contributed by atoms with van der Waals surface area (Å²) in [5.41, 5.74) is 4.42. The van der Waals surface area contributed by atoms with E-state index >= 15 is 8.78 Å². The number of alkyl carbamates (subject to hydrolysis) is 1. The van der Waals surface area contributed by atoms with E-state index in [-0.39, 0.29) is 60.6 Å². The Labute approximate surface area is 454 Å². The van der Waals surface area contributed by atoms with Gasteiger partial charge in [0.15, 0.2) is 11.6 Å².